The average Bonchev–Trinajstić information content (AvgIpc) is 2.19. The molecule has 0 heterocycles. The number of rotatable bonds is 4. The Labute approximate surface area is 94.9 Å². The van der Waals surface area contributed by atoms with Gasteiger partial charge in [-0.15, -0.1) is 0 Å². The van der Waals surface area contributed by atoms with Crippen LogP contribution < -0.4 is 4.74 Å². The van der Waals surface area contributed by atoms with Gasteiger partial charge in [-0.1, -0.05) is 0 Å². The maximum Gasteiger partial charge on any atom is 0.309 e. The Balaban J connectivity index is 3.22. The van der Waals surface area contributed by atoms with Gasteiger partial charge in [-0.2, -0.15) is 0 Å². The Hall–Kier alpha value is -2.05. The van der Waals surface area contributed by atoms with Crippen molar-refractivity contribution in [2.24, 2.45) is 0 Å². The predicted octanol–water partition coefficient (Wildman–Crippen LogP) is 1.67. The maximum absolute atomic E-state index is 13.4. The maximum atomic E-state index is 13.4. The van der Waals surface area contributed by atoms with E-state index in [0.29, 0.717) is 6.07 Å². The number of benzene rings is 1. The third-order valence-electron chi connectivity index (χ3n) is 2.07. The molecule has 7 heteroatoms. The Kier molecular flexibility index (Phi) is 3.40. The summed E-state index contributed by atoms with van der Waals surface area (Å²) in [6, 6.07) is 1.37. The van der Waals surface area contributed by atoms with Crippen molar-refractivity contribution in [2.45, 2.75) is 12.3 Å². The van der Waals surface area contributed by atoms with Gasteiger partial charge in [-0.25, -0.2) is 8.78 Å². The standard InChI is InChI=1S/C10H10F2O5/c1-17-7-3-5(2-6(13)9(7)16)10(11,12)4-8(14)15/h2-3,13,16H,4H2,1H3,(H,14,15). The second kappa shape index (κ2) is 4.44. The molecule has 5 nitrogen and oxygen atoms in total. The zero-order valence-electron chi connectivity index (χ0n) is 8.78. The van der Waals surface area contributed by atoms with Crippen LogP contribution in [-0.2, 0) is 10.7 Å². The molecule has 0 spiro atoms. The molecule has 0 aromatic heterocycles. The van der Waals surface area contributed by atoms with Crippen LogP contribution in [0, 0.1) is 0 Å². The zero-order valence-corrected chi connectivity index (χ0v) is 8.78. The molecule has 0 atom stereocenters. The van der Waals surface area contributed by atoms with Crippen LogP contribution in [0.25, 0.3) is 0 Å². The van der Waals surface area contributed by atoms with E-state index in [2.05, 4.69) is 4.74 Å². The number of halogens is 2. The van der Waals surface area contributed by atoms with Crippen LogP contribution in [0.3, 0.4) is 0 Å². The Bertz CT molecular complexity index is 445. The van der Waals surface area contributed by atoms with E-state index in [1.165, 1.54) is 0 Å². The van der Waals surface area contributed by atoms with Gasteiger partial charge in [0.05, 0.1) is 7.11 Å². The van der Waals surface area contributed by atoms with Crippen LogP contribution in [-0.4, -0.2) is 28.4 Å². The minimum atomic E-state index is -3.66. The molecule has 0 amide bonds. The highest BCUT2D eigenvalue weighted by Crippen LogP contribution is 2.42. The number of alkyl halides is 2. The fraction of sp³-hybridized carbons (Fsp3) is 0.300. The second-order valence-corrected chi connectivity index (χ2v) is 3.32. The molecule has 0 fully saturated rings. The summed E-state index contributed by atoms with van der Waals surface area (Å²) in [6.07, 6.45) is -1.42. The first-order valence-electron chi connectivity index (χ1n) is 4.48. The van der Waals surface area contributed by atoms with Crippen molar-refractivity contribution >= 4 is 5.97 Å². The first-order chi connectivity index (χ1) is 7.77. The molecule has 1 aromatic carbocycles. The monoisotopic (exact) mass is 248 g/mol. The SMILES string of the molecule is COc1cc(C(F)(F)CC(=O)O)cc(O)c1O. The van der Waals surface area contributed by atoms with E-state index in [9.17, 15) is 23.8 Å². The van der Waals surface area contributed by atoms with Crippen LogP contribution >= 0.6 is 0 Å². The molecule has 94 valence electrons. The van der Waals surface area contributed by atoms with Crippen molar-refractivity contribution in [3.63, 3.8) is 0 Å². The van der Waals surface area contributed by atoms with Crippen molar-refractivity contribution in [3.05, 3.63) is 17.7 Å². The molecule has 1 aromatic rings. The van der Waals surface area contributed by atoms with Gasteiger partial charge in [-0.05, 0) is 12.1 Å². The van der Waals surface area contributed by atoms with Crippen molar-refractivity contribution in [1.29, 1.82) is 0 Å². The fourth-order valence-electron chi connectivity index (χ4n) is 1.25. The summed E-state index contributed by atoms with van der Waals surface area (Å²) in [7, 11) is 1.12. The van der Waals surface area contributed by atoms with Gasteiger partial charge in [0.15, 0.2) is 11.5 Å². The second-order valence-electron chi connectivity index (χ2n) is 3.32. The van der Waals surface area contributed by atoms with E-state index in [-0.39, 0.29) is 5.75 Å². The molecular formula is C10H10F2O5. The van der Waals surface area contributed by atoms with Crippen LogP contribution in [0.15, 0.2) is 12.1 Å². The van der Waals surface area contributed by atoms with Crippen molar-refractivity contribution in [1.82, 2.24) is 0 Å². The van der Waals surface area contributed by atoms with E-state index < -0.39 is 35.4 Å². The number of methoxy groups -OCH3 is 1. The lowest BCUT2D eigenvalue weighted by molar-refractivity contribution is -0.145. The number of phenols is 2. The minimum absolute atomic E-state index is 0.356. The van der Waals surface area contributed by atoms with Crippen molar-refractivity contribution in [3.8, 4) is 17.2 Å². The summed E-state index contributed by atoms with van der Waals surface area (Å²) in [6.45, 7) is 0. The number of ether oxygens (including phenoxy) is 1. The molecule has 0 aliphatic rings. The highest BCUT2D eigenvalue weighted by molar-refractivity contribution is 5.68. The predicted molar refractivity (Wildman–Crippen MR) is 52.5 cm³/mol. The van der Waals surface area contributed by atoms with Gasteiger partial charge in [0.1, 0.15) is 6.42 Å². The van der Waals surface area contributed by atoms with Gasteiger partial charge in [0, 0.05) is 5.56 Å². The third kappa shape index (κ3) is 2.74. The highest BCUT2D eigenvalue weighted by Gasteiger charge is 2.36. The first-order valence-corrected chi connectivity index (χ1v) is 4.48. The largest absolute Gasteiger partial charge is 0.504 e. The number of aliphatic carboxylic acids is 1. The van der Waals surface area contributed by atoms with Crippen molar-refractivity contribution in [2.75, 3.05) is 7.11 Å². The Morgan fingerprint density at radius 3 is 2.47 bits per heavy atom. The fourth-order valence-corrected chi connectivity index (χ4v) is 1.25. The summed E-state index contributed by atoms with van der Waals surface area (Å²) < 4.78 is 31.4. The molecule has 0 bridgehead atoms. The third-order valence-corrected chi connectivity index (χ3v) is 2.07. The molecule has 0 aliphatic heterocycles. The van der Waals surface area contributed by atoms with E-state index in [0.717, 1.165) is 13.2 Å². The highest BCUT2D eigenvalue weighted by atomic mass is 19.3. The summed E-state index contributed by atoms with van der Waals surface area (Å²) in [4.78, 5) is 10.3. The van der Waals surface area contributed by atoms with E-state index in [4.69, 9.17) is 5.11 Å². The summed E-state index contributed by atoms with van der Waals surface area (Å²) in [5, 5.41) is 26.8. The van der Waals surface area contributed by atoms with Gasteiger partial charge in [0.25, 0.3) is 5.92 Å². The van der Waals surface area contributed by atoms with Crippen LogP contribution in [0.1, 0.15) is 12.0 Å². The van der Waals surface area contributed by atoms with Gasteiger partial charge in [0.2, 0.25) is 5.75 Å². The number of carboxylic acids is 1. The molecule has 0 radical (unpaired) electrons. The summed E-state index contributed by atoms with van der Waals surface area (Å²) >= 11 is 0. The van der Waals surface area contributed by atoms with Crippen LogP contribution in [0.4, 0.5) is 8.78 Å². The molecular weight excluding hydrogens is 238 g/mol. The lowest BCUT2D eigenvalue weighted by Gasteiger charge is -2.16. The van der Waals surface area contributed by atoms with E-state index in [1.54, 1.807) is 0 Å². The van der Waals surface area contributed by atoms with Gasteiger partial charge < -0.3 is 20.1 Å². The lowest BCUT2D eigenvalue weighted by atomic mass is 10.0. The summed E-state index contributed by atoms with van der Waals surface area (Å²) in [5.74, 6) is -7.18. The number of aromatic hydroxyl groups is 2. The molecule has 1 rings (SSSR count). The quantitative estimate of drug-likeness (QED) is 0.705. The Morgan fingerprint density at radius 1 is 1.41 bits per heavy atom. The van der Waals surface area contributed by atoms with Crippen molar-refractivity contribution < 1.29 is 33.6 Å². The van der Waals surface area contributed by atoms with E-state index in [1.807, 2.05) is 0 Å². The molecule has 0 saturated carbocycles. The van der Waals surface area contributed by atoms with Crippen LogP contribution in [0.5, 0.6) is 17.2 Å². The molecule has 0 unspecified atom stereocenters. The number of hydrogen-bond acceptors (Lipinski definition) is 4. The number of phenolic OH excluding ortho intramolecular Hbond substituents is 2. The number of hydrogen-bond donors (Lipinski definition) is 3. The minimum Gasteiger partial charge on any atom is -0.504 e. The first kappa shape index (κ1) is 13.0. The van der Waals surface area contributed by atoms with Gasteiger partial charge >= 0.3 is 5.97 Å². The summed E-state index contributed by atoms with van der Waals surface area (Å²) in [5.41, 5.74) is -0.743. The molecule has 3 N–H and O–H groups in total. The van der Waals surface area contributed by atoms with E-state index >= 15 is 0 Å². The number of carbonyl (C=O) groups is 1. The topological polar surface area (TPSA) is 87.0 Å². The normalized spacial score (nSPS) is 11.2. The molecule has 0 saturated heterocycles. The average molecular weight is 248 g/mol. The smallest absolute Gasteiger partial charge is 0.309 e. The van der Waals surface area contributed by atoms with Crippen LogP contribution in [0.2, 0.25) is 0 Å². The van der Waals surface area contributed by atoms with Gasteiger partial charge in [-0.3, -0.25) is 4.79 Å². The molecule has 17 heavy (non-hydrogen) atoms. The molecule has 0 aliphatic carbocycles. The Morgan fingerprint density at radius 2 is 2.00 bits per heavy atom. The zero-order chi connectivity index (χ0) is 13.2. The number of carboxylic acid groups (broad SMARTS) is 1. The lowest BCUT2D eigenvalue weighted by Crippen LogP contribution is -2.18.